The first kappa shape index (κ1) is 29.3. The van der Waals surface area contributed by atoms with E-state index in [9.17, 15) is 0 Å². The highest BCUT2D eigenvalue weighted by Crippen LogP contribution is 2.47. The van der Waals surface area contributed by atoms with Crippen molar-refractivity contribution in [2.75, 3.05) is 0 Å². The Morgan fingerprint density at radius 3 is 1.21 bits per heavy atom. The average Bonchev–Trinajstić information content (AvgIpc) is 3.14. The van der Waals surface area contributed by atoms with E-state index in [1.54, 1.807) is 0 Å². The fourth-order valence-electron chi connectivity index (χ4n) is 7.24. The second kappa shape index (κ2) is 11.4. The van der Waals surface area contributed by atoms with Gasteiger partial charge in [-0.1, -0.05) is 141 Å². The lowest BCUT2D eigenvalue weighted by atomic mass is 9.79. The zero-order valence-corrected chi connectivity index (χ0v) is 28.9. The van der Waals surface area contributed by atoms with Gasteiger partial charge in [0.1, 0.15) is 11.5 Å². The first-order valence-electron chi connectivity index (χ1n) is 16.0. The highest BCUT2D eigenvalue weighted by molar-refractivity contribution is 9.10. The molecule has 0 aromatic heterocycles. The molecule has 0 bridgehead atoms. The summed E-state index contributed by atoms with van der Waals surface area (Å²) in [5.41, 5.74) is 4.77. The Labute approximate surface area is 296 Å². The average molecular weight is 749 g/mol. The van der Waals surface area contributed by atoms with Gasteiger partial charge < -0.3 is 9.47 Å². The summed E-state index contributed by atoms with van der Waals surface area (Å²) in [5.74, 6) is 1.71. The summed E-state index contributed by atoms with van der Waals surface area (Å²) in [7, 11) is 0. The topological polar surface area (TPSA) is 18.5 Å². The predicted octanol–water partition coefficient (Wildman–Crippen LogP) is 12.2. The van der Waals surface area contributed by atoms with Crippen molar-refractivity contribution in [1.82, 2.24) is 0 Å². The minimum absolute atomic E-state index is 0.807. The first-order valence-corrected chi connectivity index (χ1v) is 17.5. The highest BCUT2D eigenvalue weighted by Gasteiger charge is 2.40. The van der Waals surface area contributed by atoms with E-state index in [4.69, 9.17) is 9.47 Å². The lowest BCUT2D eigenvalue weighted by Gasteiger charge is -2.38. The Bertz CT molecular complexity index is 2240. The van der Waals surface area contributed by atoms with Gasteiger partial charge in [-0.2, -0.15) is 0 Å². The van der Waals surface area contributed by atoms with Gasteiger partial charge in [0.15, 0.2) is 11.2 Å². The van der Waals surface area contributed by atoms with Gasteiger partial charge in [-0.05, 0) is 82.2 Å². The number of hydrogen-bond donors (Lipinski definition) is 0. The van der Waals surface area contributed by atoms with Crippen LogP contribution < -0.4 is 9.47 Å². The third-order valence-corrected chi connectivity index (χ3v) is 10.6. The highest BCUT2D eigenvalue weighted by atomic mass is 79.9. The van der Waals surface area contributed by atoms with Crippen LogP contribution in [0.15, 0.2) is 167 Å². The Balaban J connectivity index is 1.17. The van der Waals surface area contributed by atoms with E-state index in [0.717, 1.165) is 64.6 Å². The van der Waals surface area contributed by atoms with Crippen molar-refractivity contribution in [2.45, 2.75) is 11.2 Å². The lowest BCUT2D eigenvalue weighted by Crippen LogP contribution is -2.36. The molecule has 2 atom stereocenters. The molecule has 0 amide bonds. The maximum atomic E-state index is 7.07. The molecule has 2 heterocycles. The Morgan fingerprint density at radius 1 is 0.396 bits per heavy atom. The van der Waals surface area contributed by atoms with Gasteiger partial charge in [-0.25, -0.2) is 0 Å². The van der Waals surface area contributed by atoms with Crippen LogP contribution in [0.4, 0.5) is 0 Å². The standard InChI is InChI=1S/C44H28Br2O2/c45-35-17-19-37-29(27-35)11-21-41-39(37)23-25-43(47-41,31-7-3-1-4-8-31)33-13-15-34(16-14-33)44(32-9-5-2-6-10-32)26-24-40-38-20-18-36(46)28-30(38)12-22-42(40)48-44/h1-28H. The smallest absolute Gasteiger partial charge is 0.178 e. The molecule has 2 nitrogen and oxygen atoms in total. The van der Waals surface area contributed by atoms with Crippen molar-refractivity contribution in [3.8, 4) is 11.5 Å². The normalized spacial score (nSPS) is 19.4. The van der Waals surface area contributed by atoms with Crippen LogP contribution in [0.1, 0.15) is 33.4 Å². The van der Waals surface area contributed by atoms with E-state index in [2.05, 4.69) is 190 Å². The number of fused-ring (bicyclic) bond motifs is 6. The van der Waals surface area contributed by atoms with Gasteiger partial charge in [-0.3, -0.25) is 0 Å². The Kier molecular flexibility index (Phi) is 6.93. The maximum absolute atomic E-state index is 7.07. The summed E-state index contributed by atoms with van der Waals surface area (Å²) < 4.78 is 16.3. The monoisotopic (exact) mass is 746 g/mol. The van der Waals surface area contributed by atoms with Crippen LogP contribution in [-0.4, -0.2) is 0 Å². The van der Waals surface area contributed by atoms with Gasteiger partial charge in [0, 0.05) is 42.3 Å². The fourth-order valence-corrected chi connectivity index (χ4v) is 8.00. The molecular formula is C44H28Br2O2. The molecule has 9 rings (SSSR count). The lowest BCUT2D eigenvalue weighted by molar-refractivity contribution is 0.157. The van der Waals surface area contributed by atoms with Crippen LogP contribution >= 0.6 is 31.9 Å². The van der Waals surface area contributed by atoms with E-state index in [-0.39, 0.29) is 0 Å². The van der Waals surface area contributed by atoms with Crippen molar-refractivity contribution >= 4 is 65.6 Å². The molecule has 0 spiro atoms. The van der Waals surface area contributed by atoms with Crippen LogP contribution in [0, 0.1) is 0 Å². The Hall–Kier alpha value is -4.90. The molecule has 0 aliphatic carbocycles. The number of rotatable bonds is 4. The van der Waals surface area contributed by atoms with Gasteiger partial charge >= 0.3 is 0 Å². The Morgan fingerprint density at radius 2 is 0.792 bits per heavy atom. The maximum Gasteiger partial charge on any atom is 0.178 e. The molecule has 7 aromatic rings. The van der Waals surface area contributed by atoms with E-state index in [0.29, 0.717) is 0 Å². The molecule has 230 valence electrons. The van der Waals surface area contributed by atoms with Crippen LogP contribution in [-0.2, 0) is 11.2 Å². The quantitative estimate of drug-likeness (QED) is 0.178. The number of benzene rings is 7. The zero-order chi connectivity index (χ0) is 32.3. The van der Waals surface area contributed by atoms with Crippen molar-refractivity contribution in [3.05, 3.63) is 200 Å². The summed E-state index contributed by atoms with van der Waals surface area (Å²) >= 11 is 7.23. The summed E-state index contributed by atoms with van der Waals surface area (Å²) in [5, 5.41) is 4.66. The van der Waals surface area contributed by atoms with Gasteiger partial charge in [0.05, 0.1) is 0 Å². The summed E-state index contributed by atoms with van der Waals surface area (Å²) in [6.45, 7) is 0. The van der Waals surface area contributed by atoms with E-state index < -0.39 is 11.2 Å². The molecule has 2 aliphatic rings. The molecule has 0 radical (unpaired) electrons. The third kappa shape index (κ3) is 4.66. The van der Waals surface area contributed by atoms with Gasteiger partial charge in [0.25, 0.3) is 0 Å². The van der Waals surface area contributed by atoms with Crippen molar-refractivity contribution < 1.29 is 9.47 Å². The minimum atomic E-state index is -0.807. The molecule has 2 unspecified atom stereocenters. The molecule has 2 aliphatic heterocycles. The SMILES string of the molecule is Brc1ccc2c3c(ccc2c1)OC(c1ccccc1)(c1ccc(C2(c4ccccc4)C=Cc4c(ccc5cc(Br)ccc45)O2)cc1)C=C3. The van der Waals surface area contributed by atoms with Crippen LogP contribution in [0.25, 0.3) is 33.7 Å². The largest absolute Gasteiger partial charge is 0.473 e. The molecular weight excluding hydrogens is 720 g/mol. The van der Waals surface area contributed by atoms with Gasteiger partial charge in [0.2, 0.25) is 0 Å². The zero-order valence-electron chi connectivity index (χ0n) is 25.7. The molecule has 48 heavy (non-hydrogen) atoms. The summed E-state index contributed by atoms with van der Waals surface area (Å²) in [6, 6.07) is 50.9. The van der Waals surface area contributed by atoms with E-state index >= 15 is 0 Å². The summed E-state index contributed by atoms with van der Waals surface area (Å²) in [4.78, 5) is 0. The molecule has 7 aromatic carbocycles. The van der Waals surface area contributed by atoms with E-state index in [1.807, 2.05) is 12.1 Å². The first-order chi connectivity index (χ1) is 23.5. The molecule has 0 N–H and O–H groups in total. The molecule has 0 saturated carbocycles. The second-order valence-electron chi connectivity index (χ2n) is 12.3. The van der Waals surface area contributed by atoms with Crippen LogP contribution in [0.2, 0.25) is 0 Å². The summed E-state index contributed by atoms with van der Waals surface area (Å²) in [6.07, 6.45) is 8.83. The van der Waals surface area contributed by atoms with Crippen molar-refractivity contribution in [1.29, 1.82) is 0 Å². The number of hydrogen-bond acceptors (Lipinski definition) is 2. The van der Waals surface area contributed by atoms with Gasteiger partial charge in [-0.15, -0.1) is 0 Å². The van der Waals surface area contributed by atoms with Crippen molar-refractivity contribution in [3.63, 3.8) is 0 Å². The van der Waals surface area contributed by atoms with Crippen LogP contribution in [0.5, 0.6) is 11.5 Å². The number of ether oxygens (including phenoxy) is 2. The molecule has 0 fully saturated rings. The predicted molar refractivity (Wildman–Crippen MR) is 204 cm³/mol. The fraction of sp³-hybridized carbons (Fsp3) is 0.0455. The number of halogens is 2. The van der Waals surface area contributed by atoms with Crippen LogP contribution in [0.3, 0.4) is 0 Å². The second-order valence-corrected chi connectivity index (χ2v) is 14.2. The third-order valence-electron chi connectivity index (χ3n) is 9.63. The van der Waals surface area contributed by atoms with Crippen molar-refractivity contribution in [2.24, 2.45) is 0 Å². The molecule has 0 saturated heterocycles. The molecule has 4 heteroatoms. The van der Waals surface area contributed by atoms with E-state index in [1.165, 1.54) is 10.8 Å². The minimum Gasteiger partial charge on any atom is -0.473 e.